The molecule has 3 rings (SSSR count). The molecule has 2 heterocycles. The third-order valence-electron chi connectivity index (χ3n) is 3.73. The van der Waals surface area contributed by atoms with Crippen LogP contribution in [0, 0.1) is 0 Å². The lowest BCUT2D eigenvalue weighted by molar-refractivity contribution is -0.116. The minimum absolute atomic E-state index is 0.0964. The van der Waals surface area contributed by atoms with Crippen LogP contribution in [0.2, 0.25) is 0 Å². The molecule has 0 radical (unpaired) electrons. The first-order valence-electron chi connectivity index (χ1n) is 8.07. The first-order chi connectivity index (χ1) is 12.7. The number of ether oxygens (including phenoxy) is 2. The van der Waals surface area contributed by atoms with Crippen molar-refractivity contribution in [2.24, 2.45) is 0 Å². The summed E-state index contributed by atoms with van der Waals surface area (Å²) in [6.45, 7) is 0. The molecule has 6 nitrogen and oxygen atoms in total. The number of nitrogens with zero attached hydrogens (tertiary/aromatic N) is 2. The van der Waals surface area contributed by atoms with Gasteiger partial charge < -0.3 is 14.8 Å². The van der Waals surface area contributed by atoms with E-state index in [9.17, 15) is 4.79 Å². The molecule has 0 aliphatic carbocycles. The number of pyridine rings is 1. The molecule has 1 N–H and O–H groups in total. The van der Waals surface area contributed by atoms with E-state index in [2.05, 4.69) is 15.3 Å². The summed E-state index contributed by atoms with van der Waals surface area (Å²) >= 11 is 1.53. The van der Waals surface area contributed by atoms with E-state index >= 15 is 0 Å². The van der Waals surface area contributed by atoms with E-state index in [0.29, 0.717) is 30.0 Å². The summed E-state index contributed by atoms with van der Waals surface area (Å²) in [7, 11) is 3.14. The van der Waals surface area contributed by atoms with Gasteiger partial charge in [-0.1, -0.05) is 6.07 Å². The number of hydrogen-bond acceptors (Lipinski definition) is 6. The molecule has 0 saturated heterocycles. The predicted molar refractivity (Wildman–Crippen MR) is 102 cm³/mol. The second kappa shape index (κ2) is 8.44. The second-order valence-electron chi connectivity index (χ2n) is 5.47. The number of nitrogens with one attached hydrogen (secondary N) is 1. The Balaban J connectivity index is 1.59. The van der Waals surface area contributed by atoms with Crippen LogP contribution in [-0.4, -0.2) is 30.1 Å². The van der Waals surface area contributed by atoms with Crippen molar-refractivity contribution in [3.05, 3.63) is 53.7 Å². The fraction of sp³-hybridized carbons (Fsp3) is 0.211. The van der Waals surface area contributed by atoms with Crippen LogP contribution < -0.4 is 14.8 Å². The van der Waals surface area contributed by atoms with Crippen LogP contribution in [0.15, 0.2) is 48.0 Å². The van der Waals surface area contributed by atoms with Crippen molar-refractivity contribution in [2.75, 3.05) is 19.5 Å². The van der Waals surface area contributed by atoms with Gasteiger partial charge >= 0.3 is 0 Å². The molecular weight excluding hydrogens is 350 g/mol. The van der Waals surface area contributed by atoms with Gasteiger partial charge in [0.25, 0.3) is 0 Å². The Morgan fingerprint density at radius 2 is 2.08 bits per heavy atom. The molecule has 2 aromatic heterocycles. The van der Waals surface area contributed by atoms with Gasteiger partial charge in [-0.3, -0.25) is 9.78 Å². The van der Waals surface area contributed by atoms with Crippen molar-refractivity contribution in [3.63, 3.8) is 0 Å². The Kier molecular flexibility index (Phi) is 5.80. The van der Waals surface area contributed by atoms with Crippen molar-refractivity contribution < 1.29 is 14.3 Å². The summed E-state index contributed by atoms with van der Waals surface area (Å²) in [5, 5.41) is 5.69. The number of carbonyl (C=O) groups is 1. The quantitative estimate of drug-likeness (QED) is 0.686. The number of carbonyl (C=O) groups excluding carboxylic acids is 1. The molecule has 0 spiro atoms. The van der Waals surface area contributed by atoms with Crippen LogP contribution >= 0.6 is 11.3 Å². The van der Waals surface area contributed by atoms with E-state index in [1.54, 1.807) is 38.6 Å². The maximum absolute atomic E-state index is 12.3. The minimum atomic E-state index is -0.0964. The largest absolute Gasteiger partial charge is 0.497 e. The van der Waals surface area contributed by atoms with Gasteiger partial charge in [0.15, 0.2) is 0 Å². The van der Waals surface area contributed by atoms with Gasteiger partial charge in [0.1, 0.15) is 16.5 Å². The SMILES string of the molecule is COc1ccc(NC(=O)CCc2csc(-c3ccccn3)n2)c(OC)c1. The van der Waals surface area contributed by atoms with Crippen molar-refractivity contribution in [1.29, 1.82) is 0 Å². The van der Waals surface area contributed by atoms with Gasteiger partial charge in [-0.25, -0.2) is 4.98 Å². The summed E-state index contributed by atoms with van der Waals surface area (Å²) in [6, 6.07) is 11.0. The fourth-order valence-electron chi connectivity index (χ4n) is 2.38. The standard InChI is InChI=1S/C19H19N3O3S/c1-24-14-7-8-15(17(11-14)25-2)22-18(23)9-6-13-12-26-19(21-13)16-5-3-4-10-20-16/h3-5,7-8,10-12H,6,9H2,1-2H3,(H,22,23). The Hall–Kier alpha value is -2.93. The van der Waals surface area contributed by atoms with Crippen molar-refractivity contribution >= 4 is 22.9 Å². The molecule has 0 aliphatic heterocycles. The Labute approximate surface area is 155 Å². The zero-order valence-electron chi connectivity index (χ0n) is 14.6. The van der Waals surface area contributed by atoms with Crippen LogP contribution in [0.25, 0.3) is 10.7 Å². The molecule has 0 saturated carbocycles. The Morgan fingerprint density at radius 3 is 2.81 bits per heavy atom. The molecule has 0 atom stereocenters. The fourth-order valence-corrected chi connectivity index (χ4v) is 3.21. The lowest BCUT2D eigenvalue weighted by Gasteiger charge is -2.11. The van der Waals surface area contributed by atoms with Crippen molar-refractivity contribution in [1.82, 2.24) is 9.97 Å². The zero-order chi connectivity index (χ0) is 18.4. The molecule has 1 amide bonds. The summed E-state index contributed by atoms with van der Waals surface area (Å²) in [5.41, 5.74) is 2.34. The second-order valence-corrected chi connectivity index (χ2v) is 6.33. The molecule has 0 bridgehead atoms. The van der Waals surface area contributed by atoms with Gasteiger partial charge in [-0.2, -0.15) is 0 Å². The first kappa shape index (κ1) is 17.9. The summed E-state index contributed by atoms with van der Waals surface area (Å²) in [6.07, 6.45) is 2.64. The van der Waals surface area contributed by atoms with Crippen molar-refractivity contribution in [3.8, 4) is 22.2 Å². The van der Waals surface area contributed by atoms with E-state index in [4.69, 9.17) is 9.47 Å². The lowest BCUT2D eigenvalue weighted by atomic mass is 10.2. The van der Waals surface area contributed by atoms with E-state index in [1.807, 2.05) is 23.6 Å². The zero-order valence-corrected chi connectivity index (χ0v) is 15.4. The highest BCUT2D eigenvalue weighted by Crippen LogP contribution is 2.29. The number of methoxy groups -OCH3 is 2. The topological polar surface area (TPSA) is 73.3 Å². The normalized spacial score (nSPS) is 10.4. The molecule has 26 heavy (non-hydrogen) atoms. The maximum Gasteiger partial charge on any atom is 0.224 e. The Bertz CT molecular complexity index is 881. The summed E-state index contributed by atoms with van der Waals surface area (Å²) in [4.78, 5) is 21.1. The summed E-state index contributed by atoms with van der Waals surface area (Å²) < 4.78 is 10.4. The number of hydrogen-bond donors (Lipinski definition) is 1. The molecule has 7 heteroatoms. The molecule has 0 unspecified atom stereocenters. The predicted octanol–water partition coefficient (Wildman–Crippen LogP) is 3.79. The monoisotopic (exact) mass is 369 g/mol. The van der Waals surface area contributed by atoms with E-state index in [-0.39, 0.29) is 5.91 Å². The molecule has 1 aromatic carbocycles. The van der Waals surface area contributed by atoms with Crippen LogP contribution in [0.4, 0.5) is 5.69 Å². The number of amides is 1. The Morgan fingerprint density at radius 1 is 1.19 bits per heavy atom. The number of anilines is 1. The highest BCUT2D eigenvalue weighted by molar-refractivity contribution is 7.13. The first-order valence-corrected chi connectivity index (χ1v) is 8.95. The molecule has 0 aliphatic rings. The molecule has 3 aromatic rings. The molecule has 134 valence electrons. The number of aromatic nitrogens is 2. The van der Waals surface area contributed by atoms with E-state index in [1.165, 1.54) is 11.3 Å². The molecule has 0 fully saturated rings. The van der Waals surface area contributed by atoms with Gasteiger partial charge in [0.2, 0.25) is 5.91 Å². The van der Waals surface area contributed by atoms with E-state index < -0.39 is 0 Å². The third-order valence-corrected chi connectivity index (χ3v) is 4.64. The average molecular weight is 369 g/mol. The van der Waals surface area contributed by atoms with Crippen LogP contribution in [0.5, 0.6) is 11.5 Å². The maximum atomic E-state index is 12.3. The molecular formula is C19H19N3O3S. The highest BCUT2D eigenvalue weighted by Gasteiger charge is 2.11. The third kappa shape index (κ3) is 4.37. The number of aryl methyl sites for hydroxylation is 1. The lowest BCUT2D eigenvalue weighted by Crippen LogP contribution is -2.13. The smallest absolute Gasteiger partial charge is 0.224 e. The van der Waals surface area contributed by atoms with Crippen LogP contribution in [0.3, 0.4) is 0 Å². The van der Waals surface area contributed by atoms with E-state index in [0.717, 1.165) is 16.4 Å². The van der Waals surface area contributed by atoms with Crippen LogP contribution in [-0.2, 0) is 11.2 Å². The number of benzene rings is 1. The van der Waals surface area contributed by atoms with Crippen molar-refractivity contribution in [2.45, 2.75) is 12.8 Å². The van der Waals surface area contributed by atoms with Gasteiger partial charge in [0, 0.05) is 24.1 Å². The highest BCUT2D eigenvalue weighted by atomic mass is 32.1. The van der Waals surface area contributed by atoms with Gasteiger partial charge in [0.05, 0.1) is 31.3 Å². The van der Waals surface area contributed by atoms with Crippen LogP contribution in [0.1, 0.15) is 12.1 Å². The van der Waals surface area contributed by atoms with Gasteiger partial charge in [-0.15, -0.1) is 11.3 Å². The number of rotatable bonds is 7. The average Bonchev–Trinajstić information content (AvgIpc) is 3.16. The minimum Gasteiger partial charge on any atom is -0.497 e. The summed E-state index contributed by atoms with van der Waals surface area (Å²) in [5.74, 6) is 1.13. The number of thiazole rings is 1. The van der Waals surface area contributed by atoms with Gasteiger partial charge in [-0.05, 0) is 30.7 Å².